The van der Waals surface area contributed by atoms with E-state index in [1.54, 1.807) is 12.3 Å². The quantitative estimate of drug-likeness (QED) is 0.795. The summed E-state index contributed by atoms with van der Waals surface area (Å²) in [6.45, 7) is 2.39. The topological polar surface area (TPSA) is 74.5 Å². The highest BCUT2D eigenvalue weighted by Gasteiger charge is 2.05. The molecule has 0 fully saturated rings. The summed E-state index contributed by atoms with van der Waals surface area (Å²) in [6.07, 6.45) is 1.73. The minimum atomic E-state index is 0.541. The number of nitrogens with zero attached hydrogens (tertiary/aromatic N) is 4. The summed E-state index contributed by atoms with van der Waals surface area (Å²) in [4.78, 5) is 12.9. The second-order valence-corrected chi connectivity index (χ2v) is 4.63. The number of benzene rings is 1. The first-order valence-corrected chi connectivity index (χ1v) is 6.58. The van der Waals surface area contributed by atoms with Gasteiger partial charge in [0.1, 0.15) is 11.6 Å². The van der Waals surface area contributed by atoms with Gasteiger partial charge in [0.25, 0.3) is 0 Å². The van der Waals surface area contributed by atoms with Crippen LogP contribution in [0.4, 0.5) is 5.82 Å². The molecule has 2 heterocycles. The van der Waals surface area contributed by atoms with E-state index in [1.165, 1.54) is 0 Å². The number of anilines is 1. The second-order valence-electron chi connectivity index (χ2n) is 4.63. The van der Waals surface area contributed by atoms with Gasteiger partial charge in [0.2, 0.25) is 0 Å². The molecule has 5 nitrogen and oxygen atoms in total. The van der Waals surface area contributed by atoms with Crippen LogP contribution < -0.4 is 5.32 Å². The fourth-order valence-electron chi connectivity index (χ4n) is 2.14. The van der Waals surface area contributed by atoms with E-state index in [0.29, 0.717) is 17.9 Å². The summed E-state index contributed by atoms with van der Waals surface area (Å²) in [5.74, 6) is 1.40. The molecule has 102 valence electrons. The Hall–Kier alpha value is -3.00. The molecule has 3 aromatic rings. The van der Waals surface area contributed by atoms with Gasteiger partial charge >= 0.3 is 0 Å². The van der Waals surface area contributed by atoms with Crippen molar-refractivity contribution in [1.82, 2.24) is 15.0 Å². The van der Waals surface area contributed by atoms with Crippen LogP contribution in [0.1, 0.15) is 17.1 Å². The normalized spacial score (nSPS) is 10.3. The molecule has 2 aromatic heterocycles. The lowest BCUT2D eigenvalue weighted by Crippen LogP contribution is -2.05. The van der Waals surface area contributed by atoms with E-state index in [0.717, 1.165) is 22.4 Å². The van der Waals surface area contributed by atoms with Crippen molar-refractivity contribution in [3.63, 3.8) is 0 Å². The van der Waals surface area contributed by atoms with Gasteiger partial charge in [0.05, 0.1) is 29.4 Å². The predicted octanol–water partition coefficient (Wildman–Crippen LogP) is 2.82. The van der Waals surface area contributed by atoms with E-state index in [2.05, 4.69) is 26.3 Å². The van der Waals surface area contributed by atoms with Crippen LogP contribution in [-0.4, -0.2) is 15.0 Å². The molecule has 3 rings (SSSR count). The van der Waals surface area contributed by atoms with Crippen molar-refractivity contribution in [3.05, 3.63) is 59.7 Å². The molecule has 0 saturated carbocycles. The average Bonchev–Trinajstić information content (AvgIpc) is 2.52. The number of pyridine rings is 1. The van der Waals surface area contributed by atoms with E-state index < -0.39 is 0 Å². The Bertz CT molecular complexity index is 835. The molecular weight excluding hydrogens is 262 g/mol. The summed E-state index contributed by atoms with van der Waals surface area (Å²) in [6, 6.07) is 13.4. The van der Waals surface area contributed by atoms with Crippen LogP contribution in [0.25, 0.3) is 10.9 Å². The number of hydrogen-bond acceptors (Lipinski definition) is 5. The van der Waals surface area contributed by atoms with Crippen LogP contribution in [-0.2, 0) is 6.54 Å². The van der Waals surface area contributed by atoms with Crippen molar-refractivity contribution in [1.29, 1.82) is 5.26 Å². The van der Waals surface area contributed by atoms with E-state index >= 15 is 0 Å². The fourth-order valence-corrected chi connectivity index (χ4v) is 2.14. The van der Waals surface area contributed by atoms with Crippen LogP contribution in [0.15, 0.2) is 42.6 Å². The van der Waals surface area contributed by atoms with Gasteiger partial charge in [-0.1, -0.05) is 18.2 Å². The Morgan fingerprint density at radius 2 is 2.05 bits per heavy atom. The zero-order chi connectivity index (χ0) is 14.7. The maximum atomic E-state index is 9.26. The van der Waals surface area contributed by atoms with Gasteiger partial charge in [0.15, 0.2) is 0 Å². The van der Waals surface area contributed by atoms with Gasteiger partial charge in [0, 0.05) is 11.6 Å². The first-order valence-electron chi connectivity index (χ1n) is 6.58. The van der Waals surface area contributed by atoms with E-state index in [-0.39, 0.29) is 0 Å². The molecule has 0 spiro atoms. The van der Waals surface area contributed by atoms with Crippen LogP contribution in [0.2, 0.25) is 0 Å². The molecule has 21 heavy (non-hydrogen) atoms. The third-order valence-electron chi connectivity index (χ3n) is 3.12. The number of hydrogen-bond donors (Lipinski definition) is 1. The maximum Gasteiger partial charge on any atom is 0.128 e. The SMILES string of the molecule is Cc1nccc(CNc2cc(C#N)c3ccccc3n2)n1. The van der Waals surface area contributed by atoms with Crippen LogP contribution in [0.5, 0.6) is 0 Å². The van der Waals surface area contributed by atoms with Crippen molar-refractivity contribution < 1.29 is 0 Å². The maximum absolute atomic E-state index is 9.26. The van der Waals surface area contributed by atoms with Crippen molar-refractivity contribution >= 4 is 16.7 Å². The van der Waals surface area contributed by atoms with Crippen molar-refractivity contribution in [2.24, 2.45) is 0 Å². The van der Waals surface area contributed by atoms with E-state index in [4.69, 9.17) is 0 Å². The smallest absolute Gasteiger partial charge is 0.128 e. The Morgan fingerprint density at radius 1 is 1.19 bits per heavy atom. The monoisotopic (exact) mass is 275 g/mol. The van der Waals surface area contributed by atoms with E-state index in [1.807, 2.05) is 37.3 Å². The molecule has 0 unspecified atom stereocenters. The highest BCUT2D eigenvalue weighted by atomic mass is 15.0. The van der Waals surface area contributed by atoms with Gasteiger partial charge in [-0.05, 0) is 25.1 Å². The Labute approximate surface area is 122 Å². The second kappa shape index (κ2) is 5.55. The van der Waals surface area contributed by atoms with Gasteiger partial charge in [-0.15, -0.1) is 0 Å². The summed E-state index contributed by atoms with van der Waals surface area (Å²) < 4.78 is 0. The lowest BCUT2D eigenvalue weighted by Gasteiger charge is -2.08. The number of rotatable bonds is 3. The lowest BCUT2D eigenvalue weighted by molar-refractivity contribution is 0.951. The molecule has 0 aliphatic rings. The Balaban J connectivity index is 1.89. The zero-order valence-electron chi connectivity index (χ0n) is 11.5. The lowest BCUT2D eigenvalue weighted by atomic mass is 10.1. The molecular formula is C16H13N5. The molecule has 0 saturated heterocycles. The van der Waals surface area contributed by atoms with Crippen LogP contribution in [0, 0.1) is 18.3 Å². The standard InChI is InChI=1S/C16H13N5/c1-11-18-7-6-13(20-11)10-19-16-8-12(9-17)14-4-2-3-5-15(14)21-16/h2-8H,10H2,1H3,(H,19,21). The fraction of sp³-hybridized carbons (Fsp3) is 0.125. The molecule has 0 bridgehead atoms. The number of aromatic nitrogens is 3. The minimum Gasteiger partial charge on any atom is -0.364 e. The molecule has 0 aliphatic carbocycles. The Morgan fingerprint density at radius 3 is 2.86 bits per heavy atom. The van der Waals surface area contributed by atoms with Gasteiger partial charge < -0.3 is 5.32 Å². The largest absolute Gasteiger partial charge is 0.364 e. The molecule has 5 heteroatoms. The van der Waals surface area contributed by atoms with Gasteiger partial charge in [-0.3, -0.25) is 0 Å². The predicted molar refractivity (Wildman–Crippen MR) is 80.6 cm³/mol. The highest BCUT2D eigenvalue weighted by molar-refractivity contribution is 5.86. The van der Waals surface area contributed by atoms with Crippen molar-refractivity contribution in [2.75, 3.05) is 5.32 Å². The Kier molecular flexibility index (Phi) is 3.44. The molecule has 0 atom stereocenters. The number of fused-ring (bicyclic) bond motifs is 1. The van der Waals surface area contributed by atoms with Crippen molar-refractivity contribution in [2.45, 2.75) is 13.5 Å². The van der Waals surface area contributed by atoms with Crippen LogP contribution in [0.3, 0.4) is 0 Å². The number of para-hydroxylation sites is 1. The first kappa shape index (κ1) is 13.0. The van der Waals surface area contributed by atoms with E-state index in [9.17, 15) is 5.26 Å². The molecule has 1 N–H and O–H groups in total. The minimum absolute atomic E-state index is 0.541. The highest BCUT2D eigenvalue weighted by Crippen LogP contribution is 2.20. The van der Waals surface area contributed by atoms with Gasteiger partial charge in [-0.2, -0.15) is 5.26 Å². The summed E-state index contributed by atoms with van der Waals surface area (Å²) in [5, 5.41) is 13.3. The average molecular weight is 275 g/mol. The number of aryl methyl sites for hydroxylation is 1. The molecule has 1 aromatic carbocycles. The van der Waals surface area contributed by atoms with Crippen molar-refractivity contribution in [3.8, 4) is 6.07 Å². The third-order valence-corrected chi connectivity index (χ3v) is 3.12. The summed E-state index contributed by atoms with van der Waals surface area (Å²) in [5.41, 5.74) is 2.30. The molecule has 0 radical (unpaired) electrons. The number of nitriles is 1. The molecule has 0 amide bonds. The van der Waals surface area contributed by atoms with Crippen LogP contribution >= 0.6 is 0 Å². The van der Waals surface area contributed by atoms with Gasteiger partial charge in [-0.25, -0.2) is 15.0 Å². The number of nitrogens with one attached hydrogen (secondary N) is 1. The summed E-state index contributed by atoms with van der Waals surface area (Å²) >= 11 is 0. The zero-order valence-corrected chi connectivity index (χ0v) is 11.5. The summed E-state index contributed by atoms with van der Waals surface area (Å²) in [7, 11) is 0. The third kappa shape index (κ3) is 2.79. The first-order chi connectivity index (χ1) is 10.3. The molecule has 0 aliphatic heterocycles.